The molecule has 0 aliphatic heterocycles. The van der Waals surface area contributed by atoms with Crippen LogP contribution >= 0.6 is 46.4 Å². The van der Waals surface area contributed by atoms with Gasteiger partial charge in [-0.1, -0.05) is 46.4 Å². The minimum absolute atomic E-state index is 0.358. The second-order valence-corrected chi connectivity index (χ2v) is 5.83. The molecule has 0 spiro atoms. The second-order valence-electron chi connectivity index (χ2n) is 3.76. The predicted octanol–water partition coefficient (Wildman–Crippen LogP) is 5.41. The highest BCUT2D eigenvalue weighted by atomic mass is 35.5. The molecule has 7 heteroatoms. The number of nitrogens with zero attached hydrogens (tertiary/aromatic N) is 2. The summed E-state index contributed by atoms with van der Waals surface area (Å²) in [5.74, 6) is -0.519. The number of Topliss-reactive ketones (excluding diaryl/α,β-unsaturated/α-hetero) is 1. The summed E-state index contributed by atoms with van der Waals surface area (Å²) in [5.41, 5.74) is 1.79. The minimum atomic E-state index is -1.90. The molecule has 1 rings (SSSR count). The fourth-order valence-corrected chi connectivity index (χ4v) is 1.80. The van der Waals surface area contributed by atoms with Crippen LogP contribution in [0.3, 0.4) is 0 Å². The van der Waals surface area contributed by atoms with Gasteiger partial charge in [-0.3, -0.25) is 4.79 Å². The molecule has 1 aromatic rings. The zero-order chi connectivity index (χ0) is 14.1. The zero-order valence-corrected chi connectivity index (χ0v) is 12.9. The van der Waals surface area contributed by atoms with E-state index in [2.05, 4.69) is 10.2 Å². The molecule has 0 amide bonds. The maximum absolute atomic E-state index is 11.1. The predicted molar refractivity (Wildman–Crippen MR) is 75.6 cm³/mol. The van der Waals surface area contributed by atoms with Crippen LogP contribution in [0.2, 0.25) is 10.0 Å². The smallest absolute Gasteiger partial charge is 0.285 e. The van der Waals surface area contributed by atoms with Crippen LogP contribution in [0.1, 0.15) is 18.1 Å². The lowest BCUT2D eigenvalue weighted by atomic mass is 10.1. The minimum Gasteiger partial charge on any atom is -0.294 e. The number of rotatable bonds is 3. The lowest BCUT2D eigenvalue weighted by Crippen LogP contribution is -2.19. The van der Waals surface area contributed by atoms with E-state index < -0.39 is 10.2 Å². The molecule has 0 unspecified atom stereocenters. The molecule has 0 aliphatic carbocycles. The van der Waals surface area contributed by atoms with Crippen molar-refractivity contribution < 1.29 is 4.79 Å². The second kappa shape index (κ2) is 5.74. The van der Waals surface area contributed by atoms with E-state index >= 15 is 0 Å². The Morgan fingerprint density at radius 2 is 1.83 bits per heavy atom. The third-order valence-electron chi connectivity index (χ3n) is 2.31. The summed E-state index contributed by atoms with van der Waals surface area (Å²) in [7, 11) is 0. The van der Waals surface area contributed by atoms with Crippen LogP contribution in [0.15, 0.2) is 16.3 Å². The summed E-state index contributed by atoms with van der Waals surface area (Å²) >= 11 is 23.4. The molecule has 0 aliphatic rings. The number of ketones is 1. The van der Waals surface area contributed by atoms with Crippen LogP contribution in [0, 0.1) is 13.8 Å². The molecule has 0 atom stereocenters. The van der Waals surface area contributed by atoms with Gasteiger partial charge in [-0.2, -0.15) is 5.11 Å². The first-order valence-electron chi connectivity index (χ1n) is 4.93. The van der Waals surface area contributed by atoms with Crippen molar-refractivity contribution in [2.45, 2.75) is 25.2 Å². The Bertz CT molecular complexity index is 526. The standard InChI is InChI=1S/C11H10Cl4N2O/c1-5-4-8(12)6(2)9(13)10(5)16-17-11(14,15)7(3)18/h4H,1-3H3/b17-16+. The van der Waals surface area contributed by atoms with E-state index in [4.69, 9.17) is 46.4 Å². The molecule has 0 fully saturated rings. The van der Waals surface area contributed by atoms with Gasteiger partial charge in [0.05, 0.1) is 5.02 Å². The number of azo groups is 1. The maximum atomic E-state index is 11.1. The molecule has 0 radical (unpaired) electrons. The van der Waals surface area contributed by atoms with E-state index in [1.165, 1.54) is 6.92 Å². The van der Waals surface area contributed by atoms with Crippen LogP contribution in [-0.4, -0.2) is 10.2 Å². The van der Waals surface area contributed by atoms with Crippen LogP contribution < -0.4 is 0 Å². The molecule has 98 valence electrons. The third kappa shape index (κ3) is 3.35. The van der Waals surface area contributed by atoms with E-state index in [1.807, 2.05) is 0 Å². The fourth-order valence-electron chi connectivity index (χ4n) is 1.13. The van der Waals surface area contributed by atoms with Gasteiger partial charge < -0.3 is 0 Å². The average molecular weight is 328 g/mol. The van der Waals surface area contributed by atoms with Crippen LogP contribution in [0.5, 0.6) is 0 Å². The van der Waals surface area contributed by atoms with E-state index in [0.717, 1.165) is 0 Å². The molecule has 0 heterocycles. The number of benzene rings is 1. The van der Waals surface area contributed by atoms with E-state index in [-0.39, 0.29) is 0 Å². The van der Waals surface area contributed by atoms with Crippen LogP contribution in [0.25, 0.3) is 0 Å². The first kappa shape index (κ1) is 15.7. The van der Waals surface area contributed by atoms with E-state index in [9.17, 15) is 4.79 Å². The maximum Gasteiger partial charge on any atom is 0.285 e. The summed E-state index contributed by atoms with van der Waals surface area (Å²) in [6.07, 6.45) is 0. The molecule has 0 aromatic heterocycles. The number of carbonyl (C=O) groups is 1. The highest BCUT2D eigenvalue weighted by molar-refractivity contribution is 6.57. The van der Waals surface area contributed by atoms with Crippen molar-refractivity contribution in [2.75, 3.05) is 0 Å². The largest absolute Gasteiger partial charge is 0.294 e. The van der Waals surface area contributed by atoms with Gasteiger partial charge in [0.1, 0.15) is 5.69 Å². The molecule has 1 aromatic carbocycles. The Morgan fingerprint density at radius 3 is 2.33 bits per heavy atom. The van der Waals surface area contributed by atoms with Crippen molar-refractivity contribution in [1.29, 1.82) is 0 Å². The van der Waals surface area contributed by atoms with Crippen molar-refractivity contribution in [2.24, 2.45) is 10.2 Å². The zero-order valence-electron chi connectivity index (χ0n) is 9.89. The first-order valence-corrected chi connectivity index (χ1v) is 6.45. The summed E-state index contributed by atoms with van der Waals surface area (Å²) in [6.45, 7) is 4.74. The monoisotopic (exact) mass is 326 g/mol. The van der Waals surface area contributed by atoms with E-state index in [0.29, 0.717) is 26.9 Å². The Hall–Kier alpha value is -0.350. The lowest BCUT2D eigenvalue weighted by molar-refractivity contribution is -0.117. The highest BCUT2D eigenvalue weighted by Gasteiger charge is 2.29. The Kier molecular flexibility index (Phi) is 5.01. The van der Waals surface area contributed by atoms with Crippen molar-refractivity contribution in [3.63, 3.8) is 0 Å². The van der Waals surface area contributed by atoms with Crippen molar-refractivity contribution in [1.82, 2.24) is 0 Å². The summed E-state index contributed by atoms with van der Waals surface area (Å²) in [6, 6.07) is 1.70. The average Bonchev–Trinajstić information content (AvgIpc) is 2.25. The van der Waals surface area contributed by atoms with Gasteiger partial charge in [0.25, 0.3) is 4.46 Å². The number of aryl methyl sites for hydroxylation is 1. The van der Waals surface area contributed by atoms with Gasteiger partial charge in [0.15, 0.2) is 5.78 Å². The molecule has 18 heavy (non-hydrogen) atoms. The molecule has 0 saturated carbocycles. The topological polar surface area (TPSA) is 41.8 Å². The molecule has 3 nitrogen and oxygen atoms in total. The van der Waals surface area contributed by atoms with Gasteiger partial charge in [0.2, 0.25) is 0 Å². The number of hydrogen-bond donors (Lipinski definition) is 0. The summed E-state index contributed by atoms with van der Waals surface area (Å²) in [4.78, 5) is 11.1. The summed E-state index contributed by atoms with van der Waals surface area (Å²) in [5, 5.41) is 8.34. The van der Waals surface area contributed by atoms with Crippen LogP contribution in [0.4, 0.5) is 5.69 Å². The quantitative estimate of drug-likeness (QED) is 0.415. The molecule has 0 N–H and O–H groups in total. The normalized spacial score (nSPS) is 12.2. The Morgan fingerprint density at radius 1 is 1.28 bits per heavy atom. The van der Waals surface area contributed by atoms with Gasteiger partial charge >= 0.3 is 0 Å². The van der Waals surface area contributed by atoms with Crippen molar-refractivity contribution in [3.05, 3.63) is 27.2 Å². The number of halogens is 4. The number of hydrogen-bond acceptors (Lipinski definition) is 3. The van der Waals surface area contributed by atoms with Gasteiger partial charge in [-0.05, 0) is 38.0 Å². The van der Waals surface area contributed by atoms with Crippen LogP contribution in [-0.2, 0) is 4.79 Å². The Labute approximate surface area is 125 Å². The molecular formula is C11H10Cl4N2O. The Balaban J connectivity index is 3.25. The lowest BCUT2D eigenvalue weighted by Gasteiger charge is -2.10. The van der Waals surface area contributed by atoms with Gasteiger partial charge in [0, 0.05) is 5.02 Å². The van der Waals surface area contributed by atoms with Gasteiger partial charge in [-0.15, -0.1) is 5.11 Å². The van der Waals surface area contributed by atoms with Gasteiger partial charge in [-0.25, -0.2) is 0 Å². The summed E-state index contributed by atoms with van der Waals surface area (Å²) < 4.78 is -1.90. The fraction of sp³-hybridized carbons (Fsp3) is 0.364. The SMILES string of the molecule is CC(=O)C(Cl)(Cl)/N=N/c1c(C)cc(Cl)c(C)c1Cl. The number of carbonyl (C=O) groups excluding carboxylic acids is 1. The first-order chi connectivity index (χ1) is 8.16. The molecule has 0 bridgehead atoms. The molecular weight excluding hydrogens is 318 g/mol. The van der Waals surface area contributed by atoms with Crippen molar-refractivity contribution >= 4 is 57.9 Å². The van der Waals surface area contributed by atoms with Crippen molar-refractivity contribution in [3.8, 4) is 0 Å². The molecule has 0 saturated heterocycles. The third-order valence-corrected chi connectivity index (χ3v) is 3.85. The van der Waals surface area contributed by atoms with E-state index in [1.54, 1.807) is 19.9 Å². The number of alkyl halides is 2. The highest BCUT2D eigenvalue weighted by Crippen LogP contribution is 2.37.